The average molecular weight is 295 g/mol. The van der Waals surface area contributed by atoms with E-state index < -0.39 is 0 Å². The number of piperidine rings is 1. The molecule has 1 saturated heterocycles. The second-order valence-electron chi connectivity index (χ2n) is 8.81. The highest BCUT2D eigenvalue weighted by molar-refractivity contribution is 4.97. The van der Waals surface area contributed by atoms with E-state index in [4.69, 9.17) is 0 Å². The van der Waals surface area contributed by atoms with E-state index in [2.05, 4.69) is 51.5 Å². The largest absolute Gasteiger partial charge is 0.304 e. The zero-order chi connectivity index (χ0) is 15.6. The predicted molar refractivity (Wildman–Crippen MR) is 92.6 cm³/mol. The summed E-state index contributed by atoms with van der Waals surface area (Å²) in [5.41, 5.74) is 0.614. The van der Waals surface area contributed by atoms with Gasteiger partial charge in [0.2, 0.25) is 0 Å². The molecule has 0 aromatic carbocycles. The molecular weight excluding hydrogens is 256 g/mol. The van der Waals surface area contributed by atoms with Gasteiger partial charge >= 0.3 is 0 Å². The first kappa shape index (κ1) is 17.3. The Labute approximate surface area is 133 Å². The fraction of sp³-hybridized carbons (Fsp3) is 1.00. The lowest BCUT2D eigenvalue weighted by molar-refractivity contribution is -0.0171. The van der Waals surface area contributed by atoms with Crippen molar-refractivity contribution in [3.63, 3.8) is 0 Å². The fourth-order valence-corrected chi connectivity index (χ4v) is 4.20. The highest BCUT2D eigenvalue weighted by atomic mass is 15.2. The van der Waals surface area contributed by atoms with Crippen LogP contribution < -0.4 is 0 Å². The lowest BCUT2D eigenvalue weighted by atomic mass is 9.64. The zero-order valence-electron chi connectivity index (χ0n) is 15.4. The number of hydrogen-bond acceptors (Lipinski definition) is 2. The van der Waals surface area contributed by atoms with E-state index in [1.54, 1.807) is 0 Å². The van der Waals surface area contributed by atoms with Crippen LogP contribution in [0.2, 0.25) is 0 Å². The van der Waals surface area contributed by atoms with Crippen LogP contribution in [-0.4, -0.2) is 48.6 Å². The molecule has 0 bridgehead atoms. The molecule has 0 N–H and O–H groups in total. The molecule has 0 amide bonds. The van der Waals surface area contributed by atoms with Gasteiger partial charge in [0.25, 0.3) is 0 Å². The van der Waals surface area contributed by atoms with Crippen LogP contribution in [0.25, 0.3) is 0 Å². The van der Waals surface area contributed by atoms with Crippen LogP contribution in [0.5, 0.6) is 0 Å². The molecule has 1 saturated carbocycles. The molecule has 2 fully saturated rings. The molecule has 0 spiro atoms. The molecule has 2 rings (SSSR count). The molecule has 0 atom stereocenters. The van der Waals surface area contributed by atoms with Gasteiger partial charge in [-0.05, 0) is 89.9 Å². The quantitative estimate of drug-likeness (QED) is 0.722. The lowest BCUT2D eigenvalue weighted by Crippen LogP contribution is -2.53. The van der Waals surface area contributed by atoms with E-state index in [9.17, 15) is 0 Å². The van der Waals surface area contributed by atoms with E-state index in [0.29, 0.717) is 11.5 Å². The van der Waals surface area contributed by atoms with Crippen molar-refractivity contribution < 1.29 is 0 Å². The fourth-order valence-electron chi connectivity index (χ4n) is 4.20. The van der Waals surface area contributed by atoms with Gasteiger partial charge in [0.1, 0.15) is 0 Å². The molecule has 21 heavy (non-hydrogen) atoms. The normalized spacial score (nSPS) is 32.1. The Morgan fingerprint density at radius 2 is 1.67 bits per heavy atom. The van der Waals surface area contributed by atoms with Crippen molar-refractivity contribution in [2.75, 3.05) is 26.7 Å². The van der Waals surface area contributed by atoms with Gasteiger partial charge in [0.15, 0.2) is 0 Å². The zero-order valence-corrected chi connectivity index (χ0v) is 15.4. The van der Waals surface area contributed by atoms with E-state index in [-0.39, 0.29) is 0 Å². The van der Waals surface area contributed by atoms with Crippen LogP contribution in [-0.2, 0) is 0 Å². The van der Waals surface area contributed by atoms with Gasteiger partial charge in [-0.1, -0.05) is 20.8 Å². The highest BCUT2D eigenvalue weighted by Gasteiger charge is 2.43. The Morgan fingerprint density at radius 1 is 1.10 bits per heavy atom. The van der Waals surface area contributed by atoms with Crippen molar-refractivity contribution in [3.05, 3.63) is 0 Å². The second-order valence-corrected chi connectivity index (χ2v) is 8.81. The minimum absolute atomic E-state index is 0.614. The predicted octanol–water partition coefficient (Wildman–Crippen LogP) is 4.25. The van der Waals surface area contributed by atoms with Crippen molar-refractivity contribution in [2.24, 2.45) is 17.3 Å². The Kier molecular flexibility index (Phi) is 5.76. The van der Waals surface area contributed by atoms with Crippen LogP contribution in [0.1, 0.15) is 66.7 Å². The SMILES string of the molecule is CC(C)C1CCN(C2CC(C)(CCN(C)C(C)C)C2)CC1. The molecular formula is C19H38N2. The summed E-state index contributed by atoms with van der Waals surface area (Å²) in [6.07, 6.45) is 7.11. The van der Waals surface area contributed by atoms with E-state index in [1.165, 1.54) is 51.7 Å². The Balaban J connectivity index is 1.69. The summed E-state index contributed by atoms with van der Waals surface area (Å²) in [6.45, 7) is 15.9. The molecule has 2 nitrogen and oxygen atoms in total. The third kappa shape index (κ3) is 4.45. The van der Waals surface area contributed by atoms with Crippen LogP contribution >= 0.6 is 0 Å². The van der Waals surface area contributed by atoms with Gasteiger partial charge < -0.3 is 9.80 Å². The third-order valence-electron chi connectivity index (χ3n) is 6.44. The number of nitrogens with zero attached hydrogens (tertiary/aromatic N) is 2. The molecule has 2 aliphatic rings. The van der Waals surface area contributed by atoms with Gasteiger partial charge in [0, 0.05) is 12.1 Å². The first-order valence-electron chi connectivity index (χ1n) is 9.25. The Hall–Kier alpha value is -0.0800. The summed E-state index contributed by atoms with van der Waals surface area (Å²) in [6, 6.07) is 1.58. The molecule has 124 valence electrons. The summed E-state index contributed by atoms with van der Waals surface area (Å²) >= 11 is 0. The number of rotatable bonds is 6. The second kappa shape index (κ2) is 7.00. The van der Waals surface area contributed by atoms with E-state index in [0.717, 1.165) is 17.9 Å². The summed E-state index contributed by atoms with van der Waals surface area (Å²) in [7, 11) is 2.26. The van der Waals surface area contributed by atoms with Crippen molar-refractivity contribution in [3.8, 4) is 0 Å². The molecule has 1 aliphatic carbocycles. The number of hydrogen-bond donors (Lipinski definition) is 0. The standard InChI is InChI=1S/C19H38N2/c1-15(2)17-7-10-21(11-8-17)18-13-19(5,14-18)9-12-20(6)16(3)4/h15-18H,7-14H2,1-6H3. The molecule has 0 aromatic rings. The minimum atomic E-state index is 0.614. The Morgan fingerprint density at radius 3 is 2.14 bits per heavy atom. The summed E-state index contributed by atoms with van der Waals surface area (Å²) in [5.74, 6) is 1.86. The van der Waals surface area contributed by atoms with Crippen LogP contribution in [0, 0.1) is 17.3 Å². The molecule has 1 aliphatic heterocycles. The maximum absolute atomic E-state index is 2.80. The summed E-state index contributed by atoms with van der Waals surface area (Å²) in [4.78, 5) is 5.29. The van der Waals surface area contributed by atoms with Gasteiger partial charge in [0.05, 0.1) is 0 Å². The molecule has 1 heterocycles. The van der Waals surface area contributed by atoms with Gasteiger partial charge in [-0.2, -0.15) is 0 Å². The first-order chi connectivity index (χ1) is 9.81. The van der Waals surface area contributed by atoms with Gasteiger partial charge in [-0.15, -0.1) is 0 Å². The third-order valence-corrected chi connectivity index (χ3v) is 6.44. The molecule has 0 unspecified atom stereocenters. The maximum atomic E-state index is 2.80. The van der Waals surface area contributed by atoms with Crippen molar-refractivity contribution in [1.29, 1.82) is 0 Å². The monoisotopic (exact) mass is 294 g/mol. The van der Waals surface area contributed by atoms with E-state index >= 15 is 0 Å². The summed E-state index contributed by atoms with van der Waals surface area (Å²) < 4.78 is 0. The Bertz CT molecular complexity index is 310. The van der Waals surface area contributed by atoms with Gasteiger partial charge in [-0.25, -0.2) is 0 Å². The van der Waals surface area contributed by atoms with Crippen LogP contribution in [0.3, 0.4) is 0 Å². The van der Waals surface area contributed by atoms with Crippen molar-refractivity contribution in [1.82, 2.24) is 9.80 Å². The summed E-state index contributed by atoms with van der Waals surface area (Å²) in [5, 5.41) is 0. The molecule has 0 radical (unpaired) electrons. The van der Waals surface area contributed by atoms with Crippen molar-refractivity contribution in [2.45, 2.75) is 78.8 Å². The smallest absolute Gasteiger partial charge is 0.0106 e. The van der Waals surface area contributed by atoms with Gasteiger partial charge in [-0.3, -0.25) is 0 Å². The molecule has 2 heteroatoms. The lowest BCUT2D eigenvalue weighted by Gasteiger charge is -2.52. The van der Waals surface area contributed by atoms with E-state index in [1.807, 2.05) is 0 Å². The minimum Gasteiger partial charge on any atom is -0.304 e. The maximum Gasteiger partial charge on any atom is 0.0106 e. The van der Waals surface area contributed by atoms with Crippen molar-refractivity contribution >= 4 is 0 Å². The van der Waals surface area contributed by atoms with Crippen LogP contribution in [0.4, 0.5) is 0 Å². The van der Waals surface area contributed by atoms with Crippen LogP contribution in [0.15, 0.2) is 0 Å². The topological polar surface area (TPSA) is 6.48 Å². The number of likely N-dealkylation sites (tertiary alicyclic amines) is 1. The highest BCUT2D eigenvalue weighted by Crippen LogP contribution is 2.47. The first-order valence-corrected chi connectivity index (χ1v) is 9.25. The average Bonchev–Trinajstić information content (AvgIpc) is 2.41. The molecule has 0 aromatic heterocycles.